The zero-order chi connectivity index (χ0) is 24.8. The molecule has 2 aliphatic rings. The van der Waals surface area contributed by atoms with Gasteiger partial charge in [-0.15, -0.1) is 0 Å². The second-order valence-electron chi connectivity index (χ2n) is 9.00. The van der Waals surface area contributed by atoms with Crippen molar-refractivity contribution in [3.8, 4) is 0 Å². The average Bonchev–Trinajstić information content (AvgIpc) is 3.35. The predicted molar refractivity (Wildman–Crippen MR) is 126 cm³/mol. The van der Waals surface area contributed by atoms with Gasteiger partial charge in [0.1, 0.15) is 6.04 Å². The van der Waals surface area contributed by atoms with E-state index in [1.807, 2.05) is 0 Å². The van der Waals surface area contributed by atoms with E-state index in [1.165, 1.54) is 24.6 Å². The van der Waals surface area contributed by atoms with Crippen molar-refractivity contribution in [1.29, 1.82) is 0 Å². The molecule has 2 atom stereocenters. The molecule has 0 radical (unpaired) electrons. The lowest BCUT2D eigenvalue weighted by Crippen LogP contribution is -2.55. The fourth-order valence-corrected chi connectivity index (χ4v) is 6.11. The van der Waals surface area contributed by atoms with Crippen molar-refractivity contribution in [2.45, 2.75) is 62.1 Å². The summed E-state index contributed by atoms with van der Waals surface area (Å²) < 4.78 is 32.1. The van der Waals surface area contributed by atoms with Gasteiger partial charge in [-0.1, -0.05) is 25.3 Å². The van der Waals surface area contributed by atoms with Gasteiger partial charge in [0.05, 0.1) is 18.8 Å². The topological polar surface area (TPSA) is 139 Å². The molecule has 0 aromatic carbocycles. The fraction of sp³-hybridized carbons (Fsp3) is 0.500. The van der Waals surface area contributed by atoms with Crippen molar-refractivity contribution < 1.29 is 27.2 Å². The molecule has 2 aromatic heterocycles. The average molecular weight is 503 g/mol. The molecule has 3 heterocycles. The van der Waals surface area contributed by atoms with E-state index in [9.17, 15) is 22.8 Å². The van der Waals surface area contributed by atoms with Crippen LogP contribution in [0.4, 0.5) is 0 Å². The van der Waals surface area contributed by atoms with Gasteiger partial charge in [0.15, 0.2) is 16.6 Å². The molecule has 1 aliphatic heterocycles. The van der Waals surface area contributed by atoms with Gasteiger partial charge >= 0.3 is 0 Å². The summed E-state index contributed by atoms with van der Waals surface area (Å²) >= 11 is 0. The molecule has 2 N–H and O–H groups in total. The van der Waals surface area contributed by atoms with E-state index in [0.29, 0.717) is 12.8 Å². The SMILES string of the molecule is O=C(N[C@H](C(=O)NC1CCCN(S(=O)(=O)c2ccccn2)CC1=O)C1CCCCC1)c1ccco1. The minimum absolute atomic E-state index is 0.0513. The Labute approximate surface area is 204 Å². The lowest BCUT2D eigenvalue weighted by atomic mass is 9.83. The van der Waals surface area contributed by atoms with Crippen molar-refractivity contribution >= 4 is 27.6 Å². The van der Waals surface area contributed by atoms with Gasteiger partial charge in [-0.25, -0.2) is 13.4 Å². The van der Waals surface area contributed by atoms with E-state index in [4.69, 9.17) is 4.42 Å². The molecule has 35 heavy (non-hydrogen) atoms. The highest BCUT2D eigenvalue weighted by atomic mass is 32.2. The van der Waals surface area contributed by atoms with E-state index < -0.39 is 39.7 Å². The number of rotatable bonds is 7. The third kappa shape index (κ3) is 5.96. The first-order valence-corrected chi connectivity index (χ1v) is 13.4. The van der Waals surface area contributed by atoms with Crippen LogP contribution in [0.25, 0.3) is 0 Å². The number of Topliss-reactive ketones (excluding diaryl/α,β-unsaturated/α-hetero) is 1. The first-order valence-electron chi connectivity index (χ1n) is 11.9. The molecular formula is C24H30N4O6S. The number of hydrogen-bond acceptors (Lipinski definition) is 7. The van der Waals surface area contributed by atoms with Crippen LogP contribution >= 0.6 is 0 Å². The van der Waals surface area contributed by atoms with Crippen molar-refractivity contribution in [1.82, 2.24) is 19.9 Å². The Kier molecular flexibility index (Phi) is 7.97. The highest BCUT2D eigenvalue weighted by molar-refractivity contribution is 7.89. The van der Waals surface area contributed by atoms with Gasteiger partial charge in [-0.2, -0.15) is 4.31 Å². The molecular weight excluding hydrogens is 472 g/mol. The van der Waals surface area contributed by atoms with Crippen LogP contribution in [0.2, 0.25) is 0 Å². The lowest BCUT2D eigenvalue weighted by molar-refractivity contribution is -0.129. The summed E-state index contributed by atoms with van der Waals surface area (Å²) in [5.74, 6) is -1.25. The zero-order valence-electron chi connectivity index (χ0n) is 19.4. The van der Waals surface area contributed by atoms with Gasteiger partial charge in [-0.05, 0) is 55.9 Å². The van der Waals surface area contributed by atoms with Crippen LogP contribution < -0.4 is 10.6 Å². The molecule has 188 valence electrons. The van der Waals surface area contributed by atoms with Crippen LogP contribution in [0.1, 0.15) is 55.5 Å². The standard InChI is InChI=1S/C24H30N4O6S/c29-19-16-28(35(32,33)21-12-4-5-13-25-21)14-6-10-18(19)26-24(31)22(17-8-2-1-3-9-17)27-23(30)20-11-7-15-34-20/h4-5,7,11-13,15,17-18,22H,1-3,6,8-10,14,16H2,(H,26,31)(H,27,30)/t18?,22-/m0/s1. The Bertz CT molecular complexity index is 1130. The number of amides is 2. The van der Waals surface area contributed by atoms with Crippen LogP contribution in [0.5, 0.6) is 0 Å². The molecule has 1 saturated carbocycles. The number of aromatic nitrogens is 1. The molecule has 2 amide bonds. The van der Waals surface area contributed by atoms with Crippen LogP contribution in [0, 0.1) is 5.92 Å². The zero-order valence-corrected chi connectivity index (χ0v) is 20.2. The number of carbonyl (C=O) groups is 3. The lowest BCUT2D eigenvalue weighted by Gasteiger charge is -2.31. The molecule has 1 unspecified atom stereocenters. The first-order chi connectivity index (χ1) is 16.9. The number of nitrogens with zero attached hydrogens (tertiary/aromatic N) is 2. The van der Waals surface area contributed by atoms with Crippen molar-refractivity contribution in [3.05, 3.63) is 48.6 Å². The number of hydrogen-bond donors (Lipinski definition) is 2. The molecule has 2 fully saturated rings. The maximum absolute atomic E-state index is 13.3. The highest BCUT2D eigenvalue weighted by Gasteiger charge is 2.37. The maximum atomic E-state index is 13.3. The van der Waals surface area contributed by atoms with Gasteiger partial charge in [0, 0.05) is 12.7 Å². The molecule has 2 aromatic rings. The number of carbonyl (C=O) groups excluding carboxylic acids is 3. The summed E-state index contributed by atoms with van der Waals surface area (Å²) in [4.78, 5) is 42.9. The van der Waals surface area contributed by atoms with Gasteiger partial charge in [-0.3, -0.25) is 14.4 Å². The number of nitrogens with one attached hydrogen (secondary N) is 2. The quantitative estimate of drug-likeness (QED) is 0.589. The highest BCUT2D eigenvalue weighted by Crippen LogP contribution is 2.27. The smallest absolute Gasteiger partial charge is 0.287 e. The Morgan fingerprint density at radius 3 is 2.54 bits per heavy atom. The molecule has 10 nitrogen and oxygen atoms in total. The second-order valence-corrected chi connectivity index (χ2v) is 10.9. The Morgan fingerprint density at radius 2 is 1.86 bits per heavy atom. The van der Waals surface area contributed by atoms with E-state index in [2.05, 4.69) is 15.6 Å². The second kappa shape index (κ2) is 11.1. The number of sulfonamides is 1. The van der Waals surface area contributed by atoms with Gasteiger partial charge < -0.3 is 15.1 Å². The van der Waals surface area contributed by atoms with Crippen molar-refractivity contribution in [2.75, 3.05) is 13.1 Å². The Hall–Kier alpha value is -3.05. The normalized spacial score (nSPS) is 21.1. The van der Waals surface area contributed by atoms with E-state index in [0.717, 1.165) is 36.4 Å². The van der Waals surface area contributed by atoms with Crippen LogP contribution in [0.3, 0.4) is 0 Å². The third-order valence-electron chi connectivity index (χ3n) is 6.61. The predicted octanol–water partition coefficient (Wildman–Crippen LogP) is 1.89. The maximum Gasteiger partial charge on any atom is 0.287 e. The summed E-state index contributed by atoms with van der Waals surface area (Å²) in [6.07, 6.45) is 8.09. The minimum Gasteiger partial charge on any atom is -0.459 e. The monoisotopic (exact) mass is 502 g/mol. The van der Waals surface area contributed by atoms with Crippen LogP contribution in [-0.2, 0) is 19.6 Å². The summed E-state index contributed by atoms with van der Waals surface area (Å²) in [7, 11) is -3.92. The summed E-state index contributed by atoms with van der Waals surface area (Å²) in [6, 6.07) is 6.06. The van der Waals surface area contributed by atoms with E-state index in [1.54, 1.807) is 18.2 Å². The molecule has 1 saturated heterocycles. The van der Waals surface area contributed by atoms with E-state index in [-0.39, 0.29) is 29.8 Å². The van der Waals surface area contributed by atoms with Gasteiger partial charge in [0.25, 0.3) is 15.9 Å². The largest absolute Gasteiger partial charge is 0.459 e. The first kappa shape index (κ1) is 25.1. The molecule has 1 aliphatic carbocycles. The van der Waals surface area contributed by atoms with Crippen LogP contribution in [0.15, 0.2) is 52.2 Å². The van der Waals surface area contributed by atoms with Gasteiger partial charge in [0.2, 0.25) is 5.91 Å². The summed E-state index contributed by atoms with van der Waals surface area (Å²) in [6.45, 7) is -0.199. The number of furan rings is 1. The van der Waals surface area contributed by atoms with Crippen LogP contribution in [-0.4, -0.2) is 60.5 Å². The third-order valence-corrected chi connectivity index (χ3v) is 8.38. The molecule has 0 spiro atoms. The molecule has 4 rings (SSSR count). The van der Waals surface area contributed by atoms with Crippen molar-refractivity contribution in [3.63, 3.8) is 0 Å². The molecule has 0 bridgehead atoms. The summed E-state index contributed by atoms with van der Waals surface area (Å²) in [5.41, 5.74) is 0. The molecule has 11 heteroatoms. The van der Waals surface area contributed by atoms with Crippen molar-refractivity contribution in [2.24, 2.45) is 5.92 Å². The summed E-state index contributed by atoms with van der Waals surface area (Å²) in [5, 5.41) is 5.47. The Morgan fingerprint density at radius 1 is 1.06 bits per heavy atom. The Balaban J connectivity index is 1.45. The van der Waals surface area contributed by atoms with E-state index >= 15 is 0 Å². The number of pyridine rings is 1. The minimum atomic E-state index is -3.92. The number of ketones is 1. The fourth-order valence-electron chi connectivity index (χ4n) is 4.73.